The van der Waals surface area contributed by atoms with Gasteiger partial charge in [-0.2, -0.15) is 0 Å². The van der Waals surface area contributed by atoms with Crippen LogP contribution >= 0.6 is 0 Å². The van der Waals surface area contributed by atoms with Crippen LogP contribution in [0.2, 0.25) is 0 Å². The molecular weight excluding hydrogens is 328 g/mol. The number of rotatable bonds is 4. The Bertz CT molecular complexity index is 802. The van der Waals surface area contributed by atoms with E-state index in [0.717, 1.165) is 49.0 Å². The topological polar surface area (TPSA) is 78.1 Å². The number of amides is 2. The fraction of sp³-hybridized carbons (Fsp3) is 0.550. The summed E-state index contributed by atoms with van der Waals surface area (Å²) in [5, 5.41) is 3.01. The number of aromatic amines is 1. The molecule has 6 nitrogen and oxygen atoms in total. The summed E-state index contributed by atoms with van der Waals surface area (Å²) >= 11 is 0. The minimum Gasteiger partial charge on any atom is -0.347 e. The molecule has 1 atom stereocenters. The molecule has 1 aromatic heterocycles. The Morgan fingerprint density at radius 3 is 2.73 bits per heavy atom. The van der Waals surface area contributed by atoms with E-state index in [4.69, 9.17) is 0 Å². The number of hydrogen-bond acceptors (Lipinski definition) is 3. The molecule has 6 heteroatoms. The Hall–Kier alpha value is -2.37. The van der Waals surface area contributed by atoms with Crippen molar-refractivity contribution < 1.29 is 9.59 Å². The van der Waals surface area contributed by atoms with Crippen LogP contribution in [0.4, 0.5) is 0 Å². The summed E-state index contributed by atoms with van der Waals surface area (Å²) in [4.78, 5) is 35.3. The van der Waals surface area contributed by atoms with Gasteiger partial charge in [0.25, 0.3) is 0 Å². The maximum absolute atomic E-state index is 13.0. The molecule has 2 aliphatic rings. The number of nitrogens with one attached hydrogen (secondary N) is 2. The maximum atomic E-state index is 13.0. The molecule has 2 aromatic rings. The van der Waals surface area contributed by atoms with Gasteiger partial charge in [0, 0.05) is 6.04 Å². The van der Waals surface area contributed by atoms with E-state index in [1.54, 1.807) is 4.90 Å². The molecule has 1 saturated heterocycles. The molecule has 26 heavy (non-hydrogen) atoms. The van der Waals surface area contributed by atoms with Crippen LogP contribution in [0.25, 0.3) is 11.0 Å². The molecular formula is C20H26N4O2. The van der Waals surface area contributed by atoms with Crippen molar-refractivity contribution in [2.24, 2.45) is 5.41 Å². The lowest BCUT2D eigenvalue weighted by molar-refractivity contribution is -0.186. The van der Waals surface area contributed by atoms with Crippen molar-refractivity contribution in [2.75, 3.05) is 0 Å². The van der Waals surface area contributed by atoms with E-state index >= 15 is 0 Å². The number of imidazole rings is 1. The second-order valence-electron chi connectivity index (χ2n) is 7.84. The number of β-lactam (4-membered cyclic amide) rings is 1. The van der Waals surface area contributed by atoms with E-state index in [1.165, 1.54) is 0 Å². The number of carbonyl (C=O) groups is 2. The lowest BCUT2D eigenvalue weighted by Gasteiger charge is -2.58. The normalized spacial score (nSPS) is 22.0. The molecule has 1 spiro atoms. The van der Waals surface area contributed by atoms with E-state index in [1.807, 2.05) is 38.1 Å². The summed E-state index contributed by atoms with van der Waals surface area (Å²) in [7, 11) is 0. The van der Waals surface area contributed by atoms with Crippen LogP contribution in [0.3, 0.4) is 0 Å². The second-order valence-corrected chi connectivity index (χ2v) is 7.84. The SMILES string of the molecule is CC(C)N1C(=O)C2(CCCCC2)C1C(=O)NCc1nc2ccccc2[nH]1. The molecule has 1 saturated carbocycles. The molecule has 1 aliphatic carbocycles. The number of carbonyl (C=O) groups excluding carboxylic acids is 2. The highest BCUT2D eigenvalue weighted by atomic mass is 16.2. The zero-order valence-electron chi connectivity index (χ0n) is 15.4. The summed E-state index contributed by atoms with van der Waals surface area (Å²) < 4.78 is 0. The number of H-pyrrole nitrogens is 1. The van der Waals surface area contributed by atoms with E-state index in [-0.39, 0.29) is 23.9 Å². The smallest absolute Gasteiger partial charge is 0.244 e. The standard InChI is InChI=1S/C20H26N4O2/c1-13(2)24-17(20(19(24)26)10-6-3-7-11-20)18(25)21-12-16-22-14-8-4-5-9-15(14)23-16/h4-5,8-9,13,17H,3,6-7,10-12H2,1-2H3,(H,21,25)(H,22,23). The van der Waals surface area contributed by atoms with Crippen LogP contribution in [0.5, 0.6) is 0 Å². The van der Waals surface area contributed by atoms with Crippen LogP contribution in [-0.2, 0) is 16.1 Å². The predicted octanol–water partition coefficient (Wildman–Crippen LogP) is 2.75. The number of hydrogen-bond donors (Lipinski definition) is 2. The molecule has 2 fully saturated rings. The summed E-state index contributed by atoms with van der Waals surface area (Å²) in [5.74, 6) is 0.843. The highest BCUT2D eigenvalue weighted by Gasteiger charge is 2.63. The lowest BCUT2D eigenvalue weighted by Crippen LogP contribution is -2.75. The fourth-order valence-corrected chi connectivity index (χ4v) is 4.63. The van der Waals surface area contributed by atoms with Gasteiger partial charge in [-0.15, -0.1) is 0 Å². The quantitative estimate of drug-likeness (QED) is 0.829. The maximum Gasteiger partial charge on any atom is 0.244 e. The van der Waals surface area contributed by atoms with Gasteiger partial charge in [0.1, 0.15) is 11.9 Å². The van der Waals surface area contributed by atoms with Crippen molar-refractivity contribution in [1.29, 1.82) is 0 Å². The van der Waals surface area contributed by atoms with Gasteiger partial charge in [-0.25, -0.2) is 4.98 Å². The van der Waals surface area contributed by atoms with E-state index in [9.17, 15) is 9.59 Å². The van der Waals surface area contributed by atoms with Gasteiger partial charge >= 0.3 is 0 Å². The Kier molecular flexibility index (Phi) is 4.21. The Morgan fingerprint density at radius 2 is 2.04 bits per heavy atom. The van der Waals surface area contributed by atoms with Crippen LogP contribution < -0.4 is 5.32 Å². The zero-order chi connectivity index (χ0) is 18.3. The van der Waals surface area contributed by atoms with Gasteiger partial charge in [-0.1, -0.05) is 31.4 Å². The van der Waals surface area contributed by atoms with Gasteiger partial charge < -0.3 is 15.2 Å². The zero-order valence-corrected chi connectivity index (χ0v) is 15.4. The minimum atomic E-state index is -0.472. The fourth-order valence-electron chi connectivity index (χ4n) is 4.63. The van der Waals surface area contributed by atoms with Crippen LogP contribution in [-0.4, -0.2) is 38.8 Å². The van der Waals surface area contributed by atoms with Crippen molar-refractivity contribution in [1.82, 2.24) is 20.2 Å². The van der Waals surface area contributed by atoms with Crippen LogP contribution in [0.1, 0.15) is 51.8 Å². The molecule has 2 amide bonds. The Labute approximate surface area is 153 Å². The number of benzene rings is 1. The summed E-state index contributed by atoms with van der Waals surface area (Å²) in [6.45, 7) is 4.31. The van der Waals surface area contributed by atoms with Crippen molar-refractivity contribution in [3.8, 4) is 0 Å². The molecule has 0 bridgehead atoms. The number of para-hydroxylation sites is 2. The average Bonchev–Trinajstić information content (AvgIpc) is 3.07. The van der Waals surface area contributed by atoms with Crippen LogP contribution in [0.15, 0.2) is 24.3 Å². The van der Waals surface area contributed by atoms with Gasteiger partial charge in [-0.05, 0) is 38.8 Å². The highest BCUT2D eigenvalue weighted by molar-refractivity contribution is 6.02. The number of aromatic nitrogens is 2. The average molecular weight is 354 g/mol. The first-order valence-electron chi connectivity index (χ1n) is 9.57. The number of likely N-dealkylation sites (tertiary alicyclic amines) is 1. The Balaban J connectivity index is 1.50. The van der Waals surface area contributed by atoms with Crippen molar-refractivity contribution in [3.63, 3.8) is 0 Å². The summed E-state index contributed by atoms with van der Waals surface area (Å²) in [6, 6.07) is 7.50. The van der Waals surface area contributed by atoms with Gasteiger partial charge in [0.05, 0.1) is 23.0 Å². The third kappa shape index (κ3) is 2.59. The third-order valence-electron chi connectivity index (χ3n) is 5.88. The van der Waals surface area contributed by atoms with E-state index in [0.29, 0.717) is 6.54 Å². The molecule has 138 valence electrons. The van der Waals surface area contributed by atoms with Crippen molar-refractivity contribution in [3.05, 3.63) is 30.1 Å². The molecule has 2 heterocycles. The lowest BCUT2D eigenvalue weighted by atomic mass is 9.61. The molecule has 0 radical (unpaired) electrons. The van der Waals surface area contributed by atoms with E-state index in [2.05, 4.69) is 15.3 Å². The largest absolute Gasteiger partial charge is 0.347 e. The van der Waals surface area contributed by atoms with E-state index < -0.39 is 5.41 Å². The second kappa shape index (κ2) is 6.41. The summed E-state index contributed by atoms with van der Waals surface area (Å²) in [5.41, 5.74) is 1.38. The molecule has 1 aromatic carbocycles. The predicted molar refractivity (Wildman–Crippen MR) is 99.2 cm³/mol. The number of nitrogens with zero attached hydrogens (tertiary/aromatic N) is 2. The Morgan fingerprint density at radius 1 is 1.31 bits per heavy atom. The third-order valence-corrected chi connectivity index (χ3v) is 5.88. The van der Waals surface area contributed by atoms with Crippen LogP contribution in [0, 0.1) is 5.41 Å². The van der Waals surface area contributed by atoms with Gasteiger partial charge in [0.15, 0.2) is 0 Å². The first kappa shape index (κ1) is 17.1. The molecule has 1 unspecified atom stereocenters. The number of fused-ring (bicyclic) bond motifs is 1. The van der Waals surface area contributed by atoms with Crippen molar-refractivity contribution >= 4 is 22.8 Å². The molecule has 4 rings (SSSR count). The highest BCUT2D eigenvalue weighted by Crippen LogP contribution is 2.50. The van der Waals surface area contributed by atoms with Gasteiger partial charge in [0.2, 0.25) is 11.8 Å². The first-order valence-corrected chi connectivity index (χ1v) is 9.57. The first-order chi connectivity index (χ1) is 12.5. The van der Waals surface area contributed by atoms with Gasteiger partial charge in [-0.3, -0.25) is 9.59 Å². The molecule has 1 aliphatic heterocycles. The molecule has 2 N–H and O–H groups in total. The monoisotopic (exact) mass is 354 g/mol. The van der Waals surface area contributed by atoms with Crippen molar-refractivity contribution in [2.45, 2.75) is 64.6 Å². The minimum absolute atomic E-state index is 0.0389. The summed E-state index contributed by atoms with van der Waals surface area (Å²) in [6.07, 6.45) is 4.88.